The molecule has 2 bridgehead atoms. The van der Waals surface area contributed by atoms with Crippen molar-refractivity contribution >= 4 is 0 Å². The van der Waals surface area contributed by atoms with E-state index < -0.39 is 0 Å². The van der Waals surface area contributed by atoms with Crippen molar-refractivity contribution in [2.24, 2.45) is 11.8 Å². The summed E-state index contributed by atoms with van der Waals surface area (Å²) in [6, 6.07) is 0. The molecule has 1 N–H and O–H groups in total. The van der Waals surface area contributed by atoms with Gasteiger partial charge in [0.05, 0.1) is 19.3 Å². The zero-order valence-electron chi connectivity index (χ0n) is 7.74. The highest BCUT2D eigenvalue weighted by atomic mass is 16.7. The van der Waals surface area contributed by atoms with Crippen LogP contribution in [0.3, 0.4) is 0 Å². The first kappa shape index (κ1) is 8.21. The van der Waals surface area contributed by atoms with Gasteiger partial charge in [0, 0.05) is 11.8 Å². The highest BCUT2D eigenvalue weighted by molar-refractivity contribution is 5.00. The number of hydrogen-bond acceptors (Lipinski definition) is 3. The Morgan fingerprint density at radius 2 is 1.54 bits per heavy atom. The maximum Gasteiger partial charge on any atom is 0.174 e. The Bertz CT molecular complexity index is 194. The molecule has 3 nitrogen and oxygen atoms in total. The molecule has 2 aliphatic carbocycles. The predicted octanol–water partition coefficient (Wildman–Crippen LogP) is 0.910. The summed E-state index contributed by atoms with van der Waals surface area (Å²) in [5.74, 6) is 0.617. The first-order valence-electron chi connectivity index (χ1n) is 5.27. The fourth-order valence-electron chi connectivity index (χ4n) is 3.37. The lowest BCUT2D eigenvalue weighted by Crippen LogP contribution is -2.47. The van der Waals surface area contributed by atoms with Crippen molar-refractivity contribution in [1.82, 2.24) is 0 Å². The van der Waals surface area contributed by atoms with Gasteiger partial charge in [0.2, 0.25) is 0 Å². The topological polar surface area (TPSA) is 38.7 Å². The van der Waals surface area contributed by atoms with Crippen LogP contribution in [0.4, 0.5) is 0 Å². The molecular weight excluding hydrogens is 168 g/mol. The summed E-state index contributed by atoms with van der Waals surface area (Å²) in [6.45, 7) is 1.48. The number of ether oxygens (including phenoxy) is 2. The highest BCUT2D eigenvalue weighted by Crippen LogP contribution is 2.53. The minimum absolute atomic E-state index is 0.115. The molecule has 3 heteroatoms. The molecule has 1 heterocycles. The Morgan fingerprint density at radius 3 is 2.08 bits per heavy atom. The van der Waals surface area contributed by atoms with Gasteiger partial charge < -0.3 is 14.6 Å². The third-order valence-electron chi connectivity index (χ3n) is 3.85. The Kier molecular flexibility index (Phi) is 1.70. The van der Waals surface area contributed by atoms with Crippen molar-refractivity contribution in [2.75, 3.05) is 13.2 Å². The van der Waals surface area contributed by atoms with Gasteiger partial charge in [-0.2, -0.15) is 0 Å². The molecule has 3 rings (SSSR count). The van der Waals surface area contributed by atoms with Gasteiger partial charge in [-0.1, -0.05) is 0 Å². The number of aliphatic hydroxyl groups excluding tert-OH is 1. The van der Waals surface area contributed by atoms with E-state index in [1.165, 1.54) is 12.8 Å². The SMILES string of the molecule is OC1C[C@H]2CC[C@@H](C1)C21OCCO1. The summed E-state index contributed by atoms with van der Waals surface area (Å²) in [7, 11) is 0. The van der Waals surface area contributed by atoms with Gasteiger partial charge in [-0.15, -0.1) is 0 Å². The Morgan fingerprint density at radius 1 is 1.00 bits per heavy atom. The molecule has 0 amide bonds. The third kappa shape index (κ3) is 1.01. The molecule has 0 aromatic rings. The van der Waals surface area contributed by atoms with Gasteiger partial charge in [-0.3, -0.25) is 0 Å². The van der Waals surface area contributed by atoms with Crippen LogP contribution < -0.4 is 0 Å². The second kappa shape index (κ2) is 2.69. The van der Waals surface area contributed by atoms with E-state index in [-0.39, 0.29) is 11.9 Å². The summed E-state index contributed by atoms with van der Waals surface area (Å²) >= 11 is 0. The third-order valence-corrected chi connectivity index (χ3v) is 3.85. The smallest absolute Gasteiger partial charge is 0.174 e. The van der Waals surface area contributed by atoms with Gasteiger partial charge in [0.15, 0.2) is 5.79 Å². The number of aliphatic hydroxyl groups is 1. The lowest BCUT2D eigenvalue weighted by molar-refractivity contribution is -0.233. The van der Waals surface area contributed by atoms with E-state index in [2.05, 4.69) is 0 Å². The quantitative estimate of drug-likeness (QED) is 0.608. The summed E-state index contributed by atoms with van der Waals surface area (Å²) in [5.41, 5.74) is 0. The van der Waals surface area contributed by atoms with E-state index >= 15 is 0 Å². The van der Waals surface area contributed by atoms with Gasteiger partial charge >= 0.3 is 0 Å². The average molecular weight is 184 g/mol. The molecule has 1 spiro atoms. The summed E-state index contributed by atoms with van der Waals surface area (Å²) in [5, 5.41) is 9.62. The van der Waals surface area contributed by atoms with Crippen LogP contribution in [0.5, 0.6) is 0 Å². The van der Waals surface area contributed by atoms with Gasteiger partial charge in [0.25, 0.3) is 0 Å². The summed E-state index contributed by atoms with van der Waals surface area (Å²) in [4.78, 5) is 0. The first-order chi connectivity index (χ1) is 6.31. The lowest BCUT2D eigenvalue weighted by atomic mass is 9.81. The van der Waals surface area contributed by atoms with Crippen LogP contribution in [0.2, 0.25) is 0 Å². The van der Waals surface area contributed by atoms with Crippen LogP contribution in [-0.4, -0.2) is 30.2 Å². The summed E-state index contributed by atoms with van der Waals surface area (Å²) < 4.78 is 11.6. The summed E-state index contributed by atoms with van der Waals surface area (Å²) in [6.07, 6.45) is 3.96. The molecular formula is C10H16O3. The van der Waals surface area contributed by atoms with E-state index in [9.17, 15) is 5.11 Å². The molecule has 74 valence electrons. The van der Waals surface area contributed by atoms with Crippen LogP contribution in [-0.2, 0) is 9.47 Å². The molecule has 2 saturated carbocycles. The zero-order chi connectivity index (χ0) is 8.89. The van der Waals surface area contributed by atoms with Crippen molar-refractivity contribution in [1.29, 1.82) is 0 Å². The molecule has 3 aliphatic rings. The molecule has 0 aromatic carbocycles. The fraction of sp³-hybridized carbons (Fsp3) is 1.00. The van der Waals surface area contributed by atoms with Gasteiger partial charge in [-0.05, 0) is 25.7 Å². The van der Waals surface area contributed by atoms with Crippen LogP contribution in [0, 0.1) is 11.8 Å². The maximum absolute atomic E-state index is 9.62. The van der Waals surface area contributed by atoms with Crippen LogP contribution in [0.25, 0.3) is 0 Å². The second-order valence-corrected chi connectivity index (χ2v) is 4.51. The highest BCUT2D eigenvalue weighted by Gasteiger charge is 2.57. The van der Waals surface area contributed by atoms with Crippen molar-refractivity contribution in [3.8, 4) is 0 Å². The molecule has 1 saturated heterocycles. The van der Waals surface area contributed by atoms with Crippen LogP contribution in [0.1, 0.15) is 25.7 Å². The van der Waals surface area contributed by atoms with E-state index in [0.29, 0.717) is 11.8 Å². The Balaban J connectivity index is 1.89. The second-order valence-electron chi connectivity index (χ2n) is 4.51. The van der Waals surface area contributed by atoms with Crippen LogP contribution >= 0.6 is 0 Å². The minimum Gasteiger partial charge on any atom is -0.393 e. The van der Waals surface area contributed by atoms with E-state index in [0.717, 1.165) is 26.1 Å². The number of rotatable bonds is 0. The molecule has 3 fully saturated rings. The van der Waals surface area contributed by atoms with Crippen molar-refractivity contribution in [3.63, 3.8) is 0 Å². The average Bonchev–Trinajstić information content (AvgIpc) is 2.63. The predicted molar refractivity (Wildman–Crippen MR) is 46.1 cm³/mol. The van der Waals surface area contributed by atoms with Crippen molar-refractivity contribution in [2.45, 2.75) is 37.6 Å². The van der Waals surface area contributed by atoms with E-state index in [4.69, 9.17) is 9.47 Å². The molecule has 0 radical (unpaired) electrons. The van der Waals surface area contributed by atoms with E-state index in [1.54, 1.807) is 0 Å². The normalized spacial score (nSPS) is 47.3. The molecule has 13 heavy (non-hydrogen) atoms. The maximum atomic E-state index is 9.62. The molecule has 0 aromatic heterocycles. The Labute approximate surface area is 78.0 Å². The monoisotopic (exact) mass is 184 g/mol. The Hall–Kier alpha value is -0.120. The van der Waals surface area contributed by atoms with Crippen molar-refractivity contribution < 1.29 is 14.6 Å². The first-order valence-corrected chi connectivity index (χ1v) is 5.27. The largest absolute Gasteiger partial charge is 0.393 e. The fourth-order valence-corrected chi connectivity index (χ4v) is 3.37. The lowest BCUT2D eigenvalue weighted by Gasteiger charge is -2.40. The molecule has 1 aliphatic heterocycles. The van der Waals surface area contributed by atoms with Crippen LogP contribution in [0.15, 0.2) is 0 Å². The zero-order valence-corrected chi connectivity index (χ0v) is 7.74. The van der Waals surface area contributed by atoms with Gasteiger partial charge in [0.1, 0.15) is 0 Å². The minimum atomic E-state index is -0.279. The molecule has 3 atom stereocenters. The van der Waals surface area contributed by atoms with E-state index in [1.807, 2.05) is 0 Å². The standard InChI is InChI=1S/C10H16O3/c11-9-5-7-1-2-8(6-9)10(7)12-3-4-13-10/h7-9,11H,1-6H2/t7-,8+,9?. The number of hydrogen-bond donors (Lipinski definition) is 1. The van der Waals surface area contributed by atoms with Gasteiger partial charge in [-0.25, -0.2) is 0 Å². The molecule has 1 unspecified atom stereocenters. The van der Waals surface area contributed by atoms with Crippen molar-refractivity contribution in [3.05, 3.63) is 0 Å².